The van der Waals surface area contributed by atoms with Crippen molar-refractivity contribution >= 4 is 35.7 Å². The molecule has 0 fully saturated rings. The number of H-pyrrole nitrogens is 1. The molecular formula is C13H16Cl2N2O. The Balaban J connectivity index is 0.000000810. The Morgan fingerprint density at radius 1 is 1.11 bits per heavy atom. The number of para-hydroxylation sites is 1. The SMILES string of the molecule is Cl.Cl.O=c1c2c([nH]c3ccccc13)CCCNC2. The number of halogens is 2. The smallest absolute Gasteiger partial charge is 0.194 e. The first kappa shape index (κ1) is 15.0. The molecule has 1 aliphatic heterocycles. The van der Waals surface area contributed by atoms with E-state index in [1.807, 2.05) is 24.3 Å². The topological polar surface area (TPSA) is 44.9 Å². The molecular weight excluding hydrogens is 271 g/mol. The lowest BCUT2D eigenvalue weighted by molar-refractivity contribution is 0.679. The fraction of sp³-hybridized carbons (Fsp3) is 0.308. The average Bonchev–Trinajstić information content (AvgIpc) is 2.55. The van der Waals surface area contributed by atoms with Crippen LogP contribution in [0.2, 0.25) is 0 Å². The minimum absolute atomic E-state index is 0. The zero-order chi connectivity index (χ0) is 11.0. The lowest BCUT2D eigenvalue weighted by Gasteiger charge is -2.07. The van der Waals surface area contributed by atoms with Gasteiger partial charge in [0, 0.05) is 28.7 Å². The van der Waals surface area contributed by atoms with E-state index in [0.717, 1.165) is 41.5 Å². The zero-order valence-electron chi connectivity index (χ0n) is 9.86. The largest absolute Gasteiger partial charge is 0.358 e. The molecule has 2 N–H and O–H groups in total. The molecule has 5 heteroatoms. The van der Waals surface area contributed by atoms with Gasteiger partial charge in [-0.1, -0.05) is 12.1 Å². The van der Waals surface area contributed by atoms with Crippen LogP contribution in [0.3, 0.4) is 0 Å². The highest BCUT2D eigenvalue weighted by atomic mass is 35.5. The minimum atomic E-state index is 0. The van der Waals surface area contributed by atoms with Crippen LogP contribution >= 0.6 is 24.8 Å². The van der Waals surface area contributed by atoms with Crippen LogP contribution in [-0.2, 0) is 13.0 Å². The summed E-state index contributed by atoms with van der Waals surface area (Å²) in [5.74, 6) is 0. The molecule has 2 aromatic rings. The number of hydrogen-bond acceptors (Lipinski definition) is 2. The predicted octanol–water partition coefficient (Wildman–Crippen LogP) is 2.41. The number of aromatic amines is 1. The number of aromatic nitrogens is 1. The van der Waals surface area contributed by atoms with Crippen molar-refractivity contribution < 1.29 is 0 Å². The number of pyridine rings is 1. The monoisotopic (exact) mass is 286 g/mol. The molecule has 0 bridgehead atoms. The van der Waals surface area contributed by atoms with Gasteiger partial charge in [0.1, 0.15) is 0 Å². The molecule has 0 saturated carbocycles. The zero-order valence-corrected chi connectivity index (χ0v) is 11.5. The van der Waals surface area contributed by atoms with Crippen molar-refractivity contribution in [2.45, 2.75) is 19.4 Å². The van der Waals surface area contributed by atoms with Crippen molar-refractivity contribution in [1.29, 1.82) is 0 Å². The van der Waals surface area contributed by atoms with Crippen molar-refractivity contribution in [2.24, 2.45) is 0 Å². The Hall–Kier alpha value is -1.03. The van der Waals surface area contributed by atoms with Crippen LogP contribution in [0.5, 0.6) is 0 Å². The van der Waals surface area contributed by atoms with Crippen molar-refractivity contribution in [1.82, 2.24) is 10.3 Å². The maximum Gasteiger partial charge on any atom is 0.194 e. The molecule has 2 heterocycles. The van der Waals surface area contributed by atoms with Gasteiger partial charge in [-0.25, -0.2) is 0 Å². The van der Waals surface area contributed by atoms with Crippen LogP contribution in [0.4, 0.5) is 0 Å². The van der Waals surface area contributed by atoms with Crippen molar-refractivity contribution in [2.75, 3.05) is 6.54 Å². The molecule has 0 amide bonds. The van der Waals surface area contributed by atoms with Crippen LogP contribution in [0.15, 0.2) is 29.1 Å². The van der Waals surface area contributed by atoms with Gasteiger partial charge in [-0.2, -0.15) is 0 Å². The van der Waals surface area contributed by atoms with Gasteiger partial charge in [0.25, 0.3) is 0 Å². The summed E-state index contributed by atoms with van der Waals surface area (Å²) in [5, 5.41) is 4.09. The maximum atomic E-state index is 12.3. The molecule has 0 spiro atoms. The summed E-state index contributed by atoms with van der Waals surface area (Å²) in [7, 11) is 0. The molecule has 0 atom stereocenters. The van der Waals surface area contributed by atoms with E-state index in [9.17, 15) is 4.79 Å². The quantitative estimate of drug-likeness (QED) is 0.781. The minimum Gasteiger partial charge on any atom is -0.358 e. The van der Waals surface area contributed by atoms with Gasteiger partial charge in [-0.05, 0) is 31.5 Å². The van der Waals surface area contributed by atoms with E-state index < -0.39 is 0 Å². The van der Waals surface area contributed by atoms with Crippen LogP contribution in [0.1, 0.15) is 17.7 Å². The van der Waals surface area contributed by atoms with Crippen molar-refractivity contribution in [3.05, 3.63) is 45.7 Å². The highest BCUT2D eigenvalue weighted by Gasteiger charge is 2.13. The Morgan fingerprint density at radius 3 is 2.72 bits per heavy atom. The average molecular weight is 287 g/mol. The molecule has 3 rings (SSSR count). The summed E-state index contributed by atoms with van der Waals surface area (Å²) in [4.78, 5) is 15.7. The molecule has 0 radical (unpaired) electrons. The molecule has 1 aliphatic rings. The molecule has 0 aliphatic carbocycles. The molecule has 1 aromatic carbocycles. The van der Waals surface area contributed by atoms with E-state index in [4.69, 9.17) is 0 Å². The van der Waals surface area contributed by atoms with Gasteiger partial charge in [0.05, 0.1) is 0 Å². The van der Waals surface area contributed by atoms with Crippen LogP contribution in [-0.4, -0.2) is 11.5 Å². The van der Waals surface area contributed by atoms with Gasteiger partial charge in [0.15, 0.2) is 5.43 Å². The van der Waals surface area contributed by atoms with Gasteiger partial charge in [-0.15, -0.1) is 24.8 Å². The van der Waals surface area contributed by atoms with E-state index in [1.54, 1.807) is 0 Å². The van der Waals surface area contributed by atoms with E-state index in [-0.39, 0.29) is 30.2 Å². The van der Waals surface area contributed by atoms with Gasteiger partial charge in [-0.3, -0.25) is 4.79 Å². The Kier molecular flexibility index (Phi) is 5.20. The van der Waals surface area contributed by atoms with Gasteiger partial charge < -0.3 is 10.3 Å². The highest BCUT2D eigenvalue weighted by Crippen LogP contribution is 2.14. The maximum absolute atomic E-state index is 12.3. The number of hydrogen-bond donors (Lipinski definition) is 2. The third kappa shape index (κ3) is 2.53. The molecule has 0 saturated heterocycles. The first-order valence-corrected chi connectivity index (χ1v) is 5.70. The fourth-order valence-electron chi connectivity index (χ4n) is 2.33. The van der Waals surface area contributed by atoms with Gasteiger partial charge in [0.2, 0.25) is 0 Å². The molecule has 18 heavy (non-hydrogen) atoms. The van der Waals surface area contributed by atoms with Gasteiger partial charge >= 0.3 is 0 Å². The van der Waals surface area contributed by atoms with Crippen LogP contribution in [0, 0.1) is 0 Å². The lowest BCUT2D eigenvalue weighted by Crippen LogP contribution is -2.19. The second kappa shape index (κ2) is 6.23. The van der Waals surface area contributed by atoms with Crippen molar-refractivity contribution in [3.63, 3.8) is 0 Å². The summed E-state index contributed by atoms with van der Waals surface area (Å²) in [5.41, 5.74) is 3.15. The normalized spacial score (nSPS) is 14.0. The summed E-state index contributed by atoms with van der Waals surface area (Å²) in [6, 6.07) is 7.72. The van der Waals surface area contributed by atoms with Crippen LogP contribution in [0.25, 0.3) is 10.9 Å². The Morgan fingerprint density at radius 2 is 1.89 bits per heavy atom. The third-order valence-corrected chi connectivity index (χ3v) is 3.18. The summed E-state index contributed by atoms with van der Waals surface area (Å²) >= 11 is 0. The molecule has 0 unspecified atom stereocenters. The van der Waals surface area contributed by atoms with E-state index >= 15 is 0 Å². The van der Waals surface area contributed by atoms with E-state index in [2.05, 4.69) is 10.3 Å². The number of fused-ring (bicyclic) bond motifs is 2. The van der Waals surface area contributed by atoms with E-state index in [0.29, 0.717) is 6.54 Å². The first-order chi connectivity index (χ1) is 7.86. The van der Waals surface area contributed by atoms with E-state index in [1.165, 1.54) is 0 Å². The highest BCUT2D eigenvalue weighted by molar-refractivity contribution is 5.85. The summed E-state index contributed by atoms with van der Waals surface area (Å²) in [6.07, 6.45) is 2.05. The first-order valence-electron chi connectivity index (χ1n) is 5.70. The van der Waals surface area contributed by atoms with Crippen LogP contribution < -0.4 is 10.7 Å². The third-order valence-electron chi connectivity index (χ3n) is 3.18. The molecule has 98 valence electrons. The Bertz CT molecular complexity index is 595. The predicted molar refractivity (Wildman–Crippen MR) is 79.1 cm³/mol. The number of rotatable bonds is 0. The Labute approximate surface area is 118 Å². The lowest BCUT2D eigenvalue weighted by atomic mass is 10.1. The second-order valence-corrected chi connectivity index (χ2v) is 4.24. The fourth-order valence-corrected chi connectivity index (χ4v) is 2.33. The standard InChI is InChI=1S/C13H14N2O.2ClH/c16-13-9-4-1-2-5-11(9)15-12-6-3-7-14-8-10(12)13;;/h1-2,4-5,14H,3,6-8H2,(H,15,16);2*1H. The number of benzene rings is 1. The van der Waals surface area contributed by atoms with Crippen molar-refractivity contribution in [3.8, 4) is 0 Å². The molecule has 1 aromatic heterocycles. The summed E-state index contributed by atoms with van der Waals surface area (Å²) in [6.45, 7) is 1.67. The molecule has 3 nitrogen and oxygen atoms in total. The number of aryl methyl sites for hydroxylation is 1. The number of nitrogens with one attached hydrogen (secondary N) is 2. The summed E-state index contributed by atoms with van der Waals surface area (Å²) < 4.78 is 0. The second-order valence-electron chi connectivity index (χ2n) is 4.24.